The summed E-state index contributed by atoms with van der Waals surface area (Å²) < 4.78 is 22.8. The van der Waals surface area contributed by atoms with E-state index in [0.717, 1.165) is 12.0 Å². The van der Waals surface area contributed by atoms with Crippen molar-refractivity contribution in [3.8, 4) is 0 Å². The van der Waals surface area contributed by atoms with Crippen LogP contribution in [0.15, 0.2) is 36.0 Å². The highest BCUT2D eigenvalue weighted by atomic mass is 32.2. The summed E-state index contributed by atoms with van der Waals surface area (Å²) in [4.78, 5) is 14.4. The molecular formula is C10H12N2O3S. The first kappa shape index (κ1) is 12.4. The van der Waals surface area contributed by atoms with E-state index < -0.39 is 15.1 Å². The molecule has 86 valence electrons. The van der Waals surface area contributed by atoms with Crippen LogP contribution in [-0.2, 0) is 16.3 Å². The van der Waals surface area contributed by atoms with E-state index in [0.29, 0.717) is 6.42 Å². The summed E-state index contributed by atoms with van der Waals surface area (Å²) in [6.07, 6.45) is 4.43. The van der Waals surface area contributed by atoms with Crippen molar-refractivity contribution in [2.45, 2.75) is 17.9 Å². The number of aromatic nitrogens is 1. The Balaban J connectivity index is 3.08. The molecule has 1 amide bonds. The number of primary amides is 1. The maximum Gasteiger partial charge on any atom is 0.340 e. The first-order valence-corrected chi connectivity index (χ1v) is 6.07. The number of allylic oxidation sites excluding steroid dienone is 1. The highest BCUT2D eigenvalue weighted by Crippen LogP contribution is 2.11. The molecule has 0 radical (unpaired) electrons. The summed E-state index contributed by atoms with van der Waals surface area (Å²) in [5, 5.41) is -1.69. The third kappa shape index (κ3) is 2.66. The molecule has 0 aliphatic rings. The number of sulfone groups is 1. The van der Waals surface area contributed by atoms with E-state index in [1.807, 2.05) is 0 Å². The third-order valence-electron chi connectivity index (χ3n) is 1.98. The lowest BCUT2D eigenvalue weighted by atomic mass is 10.1. The van der Waals surface area contributed by atoms with Crippen LogP contribution in [0.5, 0.6) is 0 Å². The summed E-state index contributed by atoms with van der Waals surface area (Å²) in [6, 6.07) is 3.03. The molecule has 0 saturated carbocycles. The van der Waals surface area contributed by atoms with Crippen molar-refractivity contribution < 1.29 is 13.2 Å². The predicted octanol–water partition coefficient (Wildman–Crippen LogP) is 1.05. The number of carbonyl (C=O) groups is 1. The second kappa shape index (κ2) is 4.89. The zero-order valence-corrected chi connectivity index (χ0v) is 9.40. The van der Waals surface area contributed by atoms with Crippen molar-refractivity contribution >= 4 is 15.1 Å². The number of hydrogen-bond acceptors (Lipinski definition) is 4. The van der Waals surface area contributed by atoms with E-state index in [4.69, 9.17) is 5.73 Å². The molecule has 16 heavy (non-hydrogen) atoms. The van der Waals surface area contributed by atoms with Crippen LogP contribution in [0, 0.1) is 0 Å². The van der Waals surface area contributed by atoms with Crippen LogP contribution in [0.1, 0.15) is 12.0 Å². The second-order valence-corrected chi connectivity index (χ2v) is 4.98. The molecule has 0 spiro atoms. The van der Waals surface area contributed by atoms with Crippen molar-refractivity contribution in [3.05, 3.63) is 36.5 Å². The Bertz CT molecular complexity index is 509. The Morgan fingerprint density at radius 3 is 2.81 bits per heavy atom. The molecule has 0 saturated heterocycles. The van der Waals surface area contributed by atoms with Crippen LogP contribution in [0.3, 0.4) is 0 Å². The molecule has 5 nitrogen and oxygen atoms in total. The van der Waals surface area contributed by atoms with Crippen molar-refractivity contribution in [1.29, 1.82) is 0 Å². The van der Waals surface area contributed by atoms with Gasteiger partial charge in [-0.1, -0.05) is 6.08 Å². The topological polar surface area (TPSA) is 90.1 Å². The van der Waals surface area contributed by atoms with E-state index in [1.165, 1.54) is 12.3 Å². The van der Waals surface area contributed by atoms with Crippen LogP contribution in [0.4, 0.5) is 4.79 Å². The molecule has 0 atom stereocenters. The molecule has 6 heteroatoms. The highest BCUT2D eigenvalue weighted by Gasteiger charge is 2.23. The maximum absolute atomic E-state index is 11.4. The number of amides is 1. The van der Waals surface area contributed by atoms with Crippen molar-refractivity contribution in [2.24, 2.45) is 5.73 Å². The average molecular weight is 240 g/mol. The predicted molar refractivity (Wildman–Crippen MR) is 59.5 cm³/mol. The van der Waals surface area contributed by atoms with Crippen LogP contribution in [0.2, 0.25) is 0 Å². The molecule has 0 aliphatic heterocycles. The Morgan fingerprint density at radius 1 is 1.56 bits per heavy atom. The van der Waals surface area contributed by atoms with E-state index >= 15 is 0 Å². The van der Waals surface area contributed by atoms with Gasteiger partial charge in [0.05, 0.1) is 0 Å². The van der Waals surface area contributed by atoms with Crippen LogP contribution in [0.25, 0.3) is 0 Å². The monoisotopic (exact) mass is 240 g/mol. The fourth-order valence-corrected chi connectivity index (χ4v) is 1.84. The molecule has 1 aromatic heterocycles. The Hall–Kier alpha value is -1.69. The molecule has 1 rings (SSSR count). The number of hydrogen-bond donors (Lipinski definition) is 1. The zero-order valence-electron chi connectivity index (χ0n) is 8.59. The molecule has 0 aliphatic carbocycles. The summed E-state index contributed by atoms with van der Waals surface area (Å²) in [6.45, 7) is 3.57. The van der Waals surface area contributed by atoms with Gasteiger partial charge in [0, 0.05) is 6.20 Å². The van der Waals surface area contributed by atoms with Gasteiger partial charge < -0.3 is 5.73 Å². The van der Waals surface area contributed by atoms with Crippen LogP contribution < -0.4 is 5.73 Å². The fraction of sp³-hybridized carbons (Fsp3) is 0.200. The van der Waals surface area contributed by atoms with Gasteiger partial charge in [-0.25, -0.2) is 13.4 Å². The van der Waals surface area contributed by atoms with E-state index in [2.05, 4.69) is 11.6 Å². The number of carbonyl (C=O) groups excluding carboxylic acids is 1. The number of pyridine rings is 1. The van der Waals surface area contributed by atoms with Gasteiger partial charge in [0.1, 0.15) is 0 Å². The standard InChI is InChI=1S/C10H12N2O3S/c1-2-3-4-8-5-6-12-9(7-8)16(14,15)10(11)13/h2,5-7H,1,3-4H2,(H2,11,13). The molecule has 0 bridgehead atoms. The van der Waals surface area contributed by atoms with E-state index in [-0.39, 0.29) is 5.03 Å². The van der Waals surface area contributed by atoms with Crippen LogP contribution in [-0.4, -0.2) is 18.6 Å². The van der Waals surface area contributed by atoms with Crippen LogP contribution >= 0.6 is 0 Å². The van der Waals surface area contributed by atoms with Gasteiger partial charge in [-0.15, -0.1) is 6.58 Å². The van der Waals surface area contributed by atoms with Crippen molar-refractivity contribution in [1.82, 2.24) is 4.98 Å². The lowest BCUT2D eigenvalue weighted by Crippen LogP contribution is -2.22. The van der Waals surface area contributed by atoms with Crippen molar-refractivity contribution in [2.75, 3.05) is 0 Å². The second-order valence-electron chi connectivity index (χ2n) is 3.15. The number of nitrogens with zero attached hydrogens (tertiary/aromatic N) is 1. The molecule has 2 N–H and O–H groups in total. The van der Waals surface area contributed by atoms with Gasteiger partial charge in [0.15, 0.2) is 5.03 Å². The minimum Gasteiger partial charge on any atom is -0.356 e. The molecule has 1 heterocycles. The van der Waals surface area contributed by atoms with Gasteiger partial charge in [-0.2, -0.15) is 0 Å². The summed E-state index contributed by atoms with van der Waals surface area (Å²) >= 11 is 0. The zero-order chi connectivity index (χ0) is 12.2. The first-order valence-electron chi connectivity index (χ1n) is 4.59. The summed E-state index contributed by atoms with van der Waals surface area (Å²) in [5.74, 6) is 0. The first-order chi connectivity index (χ1) is 7.48. The minimum absolute atomic E-state index is 0.304. The number of rotatable bonds is 4. The van der Waals surface area contributed by atoms with Gasteiger partial charge in [0.2, 0.25) is 0 Å². The lowest BCUT2D eigenvalue weighted by Gasteiger charge is -2.02. The fourth-order valence-electron chi connectivity index (χ4n) is 1.12. The van der Waals surface area contributed by atoms with Gasteiger partial charge in [-0.05, 0) is 30.5 Å². The molecular weight excluding hydrogens is 228 g/mol. The SMILES string of the molecule is C=CCCc1ccnc(S(=O)(=O)C(N)=O)c1. The largest absolute Gasteiger partial charge is 0.356 e. The molecule has 0 fully saturated rings. The Labute approximate surface area is 93.9 Å². The number of aryl methyl sites for hydroxylation is 1. The molecule has 1 aromatic rings. The highest BCUT2D eigenvalue weighted by molar-refractivity contribution is 8.05. The smallest absolute Gasteiger partial charge is 0.340 e. The number of nitrogens with two attached hydrogens (primary N) is 1. The van der Waals surface area contributed by atoms with Gasteiger partial charge in [0.25, 0.3) is 9.84 Å². The summed E-state index contributed by atoms with van der Waals surface area (Å²) in [7, 11) is -4.12. The van der Waals surface area contributed by atoms with Gasteiger partial charge in [-0.3, -0.25) is 4.79 Å². The Morgan fingerprint density at radius 2 is 2.25 bits per heavy atom. The quantitative estimate of drug-likeness (QED) is 0.796. The maximum atomic E-state index is 11.4. The lowest BCUT2D eigenvalue weighted by molar-refractivity contribution is 0.265. The Kier molecular flexibility index (Phi) is 3.78. The molecule has 0 aromatic carbocycles. The third-order valence-corrected chi connectivity index (χ3v) is 3.28. The van der Waals surface area contributed by atoms with Gasteiger partial charge >= 0.3 is 5.24 Å². The van der Waals surface area contributed by atoms with E-state index in [9.17, 15) is 13.2 Å². The summed E-state index contributed by atoms with van der Waals surface area (Å²) in [5.41, 5.74) is 5.54. The normalized spacial score (nSPS) is 11.0. The average Bonchev–Trinajstić information content (AvgIpc) is 2.26. The van der Waals surface area contributed by atoms with Crippen molar-refractivity contribution in [3.63, 3.8) is 0 Å². The minimum atomic E-state index is -4.12. The van der Waals surface area contributed by atoms with E-state index in [1.54, 1.807) is 12.1 Å². The molecule has 0 unspecified atom stereocenters.